The van der Waals surface area contributed by atoms with Gasteiger partial charge >= 0.3 is 0 Å². The van der Waals surface area contributed by atoms with Crippen molar-refractivity contribution in [1.82, 2.24) is 19.9 Å². The lowest BCUT2D eigenvalue weighted by Crippen LogP contribution is -2.16. The third-order valence-electron chi connectivity index (χ3n) is 1.79. The summed E-state index contributed by atoms with van der Waals surface area (Å²) in [5.41, 5.74) is 5.62. The van der Waals surface area contributed by atoms with Gasteiger partial charge in [0.05, 0.1) is 0 Å². The minimum atomic E-state index is 0.269. The van der Waals surface area contributed by atoms with Crippen molar-refractivity contribution in [2.75, 3.05) is 51.1 Å². The maximum atomic E-state index is 5.62. The van der Waals surface area contributed by atoms with Gasteiger partial charge in [0.15, 0.2) is 5.16 Å². The molecule has 1 heterocycles. The van der Waals surface area contributed by atoms with Crippen molar-refractivity contribution in [2.45, 2.75) is 5.16 Å². The van der Waals surface area contributed by atoms with Crippen molar-refractivity contribution in [2.24, 2.45) is 0 Å². The Kier molecular flexibility index (Phi) is 4.75. The number of hydrogen-bond acceptors (Lipinski definition) is 7. The molecule has 0 aromatic carbocycles. The fraction of sp³-hybridized carbons (Fsp3) is 0.667. The second-order valence-corrected chi connectivity index (χ2v) is 4.88. The van der Waals surface area contributed by atoms with Crippen LogP contribution in [0.3, 0.4) is 0 Å². The van der Waals surface area contributed by atoms with Gasteiger partial charge in [-0.2, -0.15) is 15.0 Å². The highest BCUT2D eigenvalue weighted by Gasteiger charge is 2.06. The summed E-state index contributed by atoms with van der Waals surface area (Å²) in [6.45, 7) is 0.980. The van der Waals surface area contributed by atoms with Crippen LogP contribution in [0.4, 0.5) is 11.9 Å². The Morgan fingerprint density at radius 3 is 2.38 bits per heavy atom. The molecule has 0 unspecified atom stereocenters. The Labute approximate surface area is 100 Å². The number of nitrogen functional groups attached to an aromatic ring is 1. The summed E-state index contributed by atoms with van der Waals surface area (Å²) >= 11 is 1.58. The molecule has 0 amide bonds. The first kappa shape index (κ1) is 13.0. The summed E-state index contributed by atoms with van der Waals surface area (Å²) in [5, 5.41) is 0.679. The van der Waals surface area contributed by atoms with Crippen molar-refractivity contribution in [1.29, 1.82) is 0 Å². The van der Waals surface area contributed by atoms with E-state index in [1.807, 2.05) is 33.1 Å². The number of nitrogens with zero attached hydrogens (tertiary/aromatic N) is 5. The summed E-state index contributed by atoms with van der Waals surface area (Å²) in [6, 6.07) is 0. The molecule has 0 fully saturated rings. The molecule has 0 aliphatic heterocycles. The molecule has 1 aromatic heterocycles. The van der Waals surface area contributed by atoms with Crippen molar-refractivity contribution in [3.8, 4) is 0 Å². The maximum absolute atomic E-state index is 5.62. The second kappa shape index (κ2) is 5.86. The molecular weight excluding hydrogens is 224 g/mol. The lowest BCUT2D eigenvalue weighted by molar-refractivity contribution is 0.437. The molecule has 0 radical (unpaired) electrons. The lowest BCUT2D eigenvalue weighted by atomic mass is 10.7. The predicted molar refractivity (Wildman–Crippen MR) is 67.8 cm³/mol. The smallest absolute Gasteiger partial charge is 0.230 e. The summed E-state index contributed by atoms with van der Waals surface area (Å²) in [6.07, 6.45) is 0. The van der Waals surface area contributed by atoms with E-state index in [0.29, 0.717) is 11.1 Å². The van der Waals surface area contributed by atoms with Crippen LogP contribution in [0.5, 0.6) is 0 Å². The van der Waals surface area contributed by atoms with Gasteiger partial charge in [-0.1, -0.05) is 11.8 Å². The minimum Gasteiger partial charge on any atom is -0.368 e. The van der Waals surface area contributed by atoms with Gasteiger partial charge in [0.25, 0.3) is 0 Å². The SMILES string of the molecule is CN(C)CCSc1nc(N)nc(N(C)C)n1. The van der Waals surface area contributed by atoms with Gasteiger partial charge in [0.1, 0.15) is 0 Å². The van der Waals surface area contributed by atoms with Crippen LogP contribution in [-0.4, -0.2) is 60.3 Å². The molecule has 0 atom stereocenters. The average molecular weight is 242 g/mol. The molecule has 7 heteroatoms. The van der Waals surface area contributed by atoms with Gasteiger partial charge < -0.3 is 15.5 Å². The van der Waals surface area contributed by atoms with Crippen LogP contribution in [0.1, 0.15) is 0 Å². The molecule has 0 saturated heterocycles. The van der Waals surface area contributed by atoms with Crippen molar-refractivity contribution in [3.63, 3.8) is 0 Å². The monoisotopic (exact) mass is 242 g/mol. The molecule has 90 valence electrons. The van der Waals surface area contributed by atoms with E-state index in [1.165, 1.54) is 0 Å². The van der Waals surface area contributed by atoms with Gasteiger partial charge in [-0.3, -0.25) is 0 Å². The van der Waals surface area contributed by atoms with Crippen LogP contribution in [0, 0.1) is 0 Å². The van der Waals surface area contributed by atoms with Crippen LogP contribution in [0.25, 0.3) is 0 Å². The fourth-order valence-electron chi connectivity index (χ4n) is 0.945. The summed E-state index contributed by atoms with van der Waals surface area (Å²) in [7, 11) is 7.83. The molecule has 0 bridgehead atoms. The highest BCUT2D eigenvalue weighted by molar-refractivity contribution is 7.99. The second-order valence-electron chi connectivity index (χ2n) is 3.82. The van der Waals surface area contributed by atoms with Crippen molar-refractivity contribution >= 4 is 23.7 Å². The molecule has 2 N–H and O–H groups in total. The van der Waals surface area contributed by atoms with Crippen LogP contribution >= 0.6 is 11.8 Å². The first-order valence-electron chi connectivity index (χ1n) is 4.95. The van der Waals surface area contributed by atoms with E-state index in [-0.39, 0.29) is 5.95 Å². The van der Waals surface area contributed by atoms with Crippen LogP contribution < -0.4 is 10.6 Å². The average Bonchev–Trinajstić information content (AvgIpc) is 2.16. The summed E-state index contributed by atoms with van der Waals surface area (Å²) in [4.78, 5) is 16.3. The summed E-state index contributed by atoms with van der Waals surface area (Å²) in [5.74, 6) is 1.80. The Morgan fingerprint density at radius 1 is 1.12 bits per heavy atom. The topological polar surface area (TPSA) is 71.2 Å². The molecule has 6 nitrogen and oxygen atoms in total. The Hall–Kier alpha value is -1.08. The zero-order chi connectivity index (χ0) is 12.1. The van der Waals surface area contributed by atoms with Gasteiger partial charge in [0.2, 0.25) is 11.9 Å². The van der Waals surface area contributed by atoms with Gasteiger partial charge in [-0.25, -0.2) is 0 Å². The first-order valence-corrected chi connectivity index (χ1v) is 5.94. The maximum Gasteiger partial charge on any atom is 0.230 e. The highest BCUT2D eigenvalue weighted by Crippen LogP contribution is 2.16. The largest absolute Gasteiger partial charge is 0.368 e. The minimum absolute atomic E-state index is 0.269. The number of thioether (sulfide) groups is 1. The number of anilines is 2. The van der Waals surface area contributed by atoms with E-state index in [0.717, 1.165) is 12.3 Å². The standard InChI is InChI=1S/C9H18N6S/c1-14(2)5-6-16-9-12-7(10)11-8(13-9)15(3)4/h5-6H2,1-4H3,(H2,10,11,12,13). The van der Waals surface area contributed by atoms with E-state index in [1.54, 1.807) is 11.8 Å². The third kappa shape index (κ3) is 4.19. The zero-order valence-electron chi connectivity index (χ0n) is 10.1. The van der Waals surface area contributed by atoms with E-state index in [9.17, 15) is 0 Å². The predicted octanol–water partition coefficient (Wildman–Crippen LogP) is 0.173. The van der Waals surface area contributed by atoms with E-state index >= 15 is 0 Å². The first-order chi connectivity index (χ1) is 7.49. The molecule has 0 aliphatic carbocycles. The Morgan fingerprint density at radius 2 is 1.81 bits per heavy atom. The Balaban J connectivity index is 2.65. The molecule has 1 aromatic rings. The Bertz CT molecular complexity index is 341. The lowest BCUT2D eigenvalue weighted by Gasteiger charge is -2.12. The number of aromatic nitrogens is 3. The van der Waals surface area contributed by atoms with Crippen LogP contribution in [0.2, 0.25) is 0 Å². The van der Waals surface area contributed by atoms with Crippen LogP contribution in [-0.2, 0) is 0 Å². The van der Waals surface area contributed by atoms with Gasteiger partial charge in [0, 0.05) is 26.4 Å². The zero-order valence-corrected chi connectivity index (χ0v) is 11.0. The van der Waals surface area contributed by atoms with E-state index in [4.69, 9.17) is 5.73 Å². The summed E-state index contributed by atoms with van der Waals surface area (Å²) < 4.78 is 0. The molecule has 16 heavy (non-hydrogen) atoms. The molecule has 0 aliphatic rings. The highest BCUT2D eigenvalue weighted by atomic mass is 32.2. The van der Waals surface area contributed by atoms with Crippen molar-refractivity contribution < 1.29 is 0 Å². The van der Waals surface area contributed by atoms with Gasteiger partial charge in [-0.15, -0.1) is 0 Å². The number of hydrogen-bond donors (Lipinski definition) is 1. The van der Waals surface area contributed by atoms with Crippen LogP contribution in [0.15, 0.2) is 5.16 Å². The molecule has 0 spiro atoms. The molecule has 0 saturated carbocycles. The normalized spacial score (nSPS) is 10.8. The fourth-order valence-corrected chi connectivity index (χ4v) is 1.89. The van der Waals surface area contributed by atoms with Crippen molar-refractivity contribution in [3.05, 3.63) is 0 Å². The van der Waals surface area contributed by atoms with E-state index in [2.05, 4.69) is 19.9 Å². The third-order valence-corrected chi connectivity index (χ3v) is 2.62. The molecular formula is C9H18N6S. The van der Waals surface area contributed by atoms with E-state index < -0.39 is 0 Å². The van der Waals surface area contributed by atoms with Gasteiger partial charge in [-0.05, 0) is 14.1 Å². The number of nitrogens with two attached hydrogens (primary N) is 1. The number of rotatable bonds is 5. The molecule has 1 rings (SSSR count). The quantitative estimate of drug-likeness (QED) is 0.738.